The summed E-state index contributed by atoms with van der Waals surface area (Å²) in [4.78, 5) is 2.54. The third-order valence-corrected chi connectivity index (χ3v) is 4.47. The van der Waals surface area contributed by atoms with Crippen molar-refractivity contribution in [3.05, 3.63) is 29.3 Å². The van der Waals surface area contributed by atoms with Gasteiger partial charge in [-0.25, -0.2) is 0 Å². The number of aryl methyl sites for hydroxylation is 2. The van der Waals surface area contributed by atoms with E-state index in [4.69, 9.17) is 5.73 Å². The molecule has 1 fully saturated rings. The van der Waals surface area contributed by atoms with E-state index in [2.05, 4.69) is 50.8 Å². The van der Waals surface area contributed by atoms with Crippen molar-refractivity contribution in [2.24, 2.45) is 5.73 Å². The summed E-state index contributed by atoms with van der Waals surface area (Å²) in [5, 5.41) is 0. The van der Waals surface area contributed by atoms with Crippen LogP contribution in [0.2, 0.25) is 0 Å². The molecule has 1 saturated heterocycles. The number of rotatable bonds is 2. The number of benzene rings is 1. The Morgan fingerprint density at radius 3 is 2.78 bits per heavy atom. The van der Waals surface area contributed by atoms with Crippen molar-refractivity contribution in [1.29, 1.82) is 0 Å². The summed E-state index contributed by atoms with van der Waals surface area (Å²) in [6.07, 6.45) is 3.41. The zero-order chi connectivity index (χ0) is 13.3. The number of nitrogens with zero attached hydrogens (tertiary/aromatic N) is 1. The van der Waals surface area contributed by atoms with Crippen LogP contribution in [-0.4, -0.2) is 18.1 Å². The topological polar surface area (TPSA) is 29.3 Å². The van der Waals surface area contributed by atoms with Crippen molar-refractivity contribution in [2.45, 2.75) is 58.5 Å². The lowest BCUT2D eigenvalue weighted by Gasteiger charge is -2.49. The summed E-state index contributed by atoms with van der Waals surface area (Å²) < 4.78 is 0. The van der Waals surface area contributed by atoms with Gasteiger partial charge in [0.2, 0.25) is 0 Å². The highest BCUT2D eigenvalue weighted by molar-refractivity contribution is 5.61. The maximum Gasteiger partial charge on any atom is 0.0496 e. The first-order chi connectivity index (χ1) is 8.48. The molecule has 0 aromatic heterocycles. The van der Waals surface area contributed by atoms with Crippen LogP contribution in [0.25, 0.3) is 0 Å². The first kappa shape index (κ1) is 13.4. The highest BCUT2D eigenvalue weighted by Gasteiger charge is 2.37. The van der Waals surface area contributed by atoms with Crippen LogP contribution in [-0.2, 0) is 6.42 Å². The molecule has 2 rings (SSSR count). The maximum absolute atomic E-state index is 6.34. The van der Waals surface area contributed by atoms with Gasteiger partial charge in [-0.2, -0.15) is 0 Å². The number of nitrogens with two attached hydrogens (primary N) is 1. The number of para-hydroxylation sites is 1. The summed E-state index contributed by atoms with van der Waals surface area (Å²) in [6.45, 7) is 10.1. The Morgan fingerprint density at radius 2 is 2.11 bits per heavy atom. The van der Waals surface area contributed by atoms with Crippen molar-refractivity contribution in [1.82, 2.24) is 0 Å². The fraction of sp³-hybridized carbons (Fsp3) is 0.625. The molecular formula is C16H26N2. The van der Waals surface area contributed by atoms with Crippen LogP contribution in [0.1, 0.15) is 44.7 Å². The molecular weight excluding hydrogens is 220 g/mol. The largest absolute Gasteiger partial charge is 0.364 e. The Hall–Kier alpha value is -1.02. The fourth-order valence-corrected chi connectivity index (χ4v) is 3.10. The third-order valence-electron chi connectivity index (χ3n) is 4.47. The van der Waals surface area contributed by atoms with Gasteiger partial charge in [0.15, 0.2) is 0 Å². The molecule has 1 aliphatic heterocycles. The van der Waals surface area contributed by atoms with E-state index in [-0.39, 0.29) is 11.6 Å². The predicted octanol–water partition coefficient (Wildman–Crippen LogP) is 3.26. The molecule has 1 atom stereocenters. The van der Waals surface area contributed by atoms with Crippen molar-refractivity contribution in [2.75, 3.05) is 11.4 Å². The van der Waals surface area contributed by atoms with E-state index in [1.807, 2.05) is 0 Å². The summed E-state index contributed by atoms with van der Waals surface area (Å²) in [6, 6.07) is 6.88. The zero-order valence-corrected chi connectivity index (χ0v) is 12.2. The molecule has 2 N–H and O–H groups in total. The smallest absolute Gasteiger partial charge is 0.0496 e. The van der Waals surface area contributed by atoms with Crippen LogP contribution < -0.4 is 10.6 Å². The van der Waals surface area contributed by atoms with E-state index in [1.54, 1.807) is 0 Å². The van der Waals surface area contributed by atoms with Crippen molar-refractivity contribution < 1.29 is 0 Å². The number of piperidine rings is 1. The highest BCUT2D eigenvalue weighted by Crippen LogP contribution is 2.36. The van der Waals surface area contributed by atoms with Crippen molar-refractivity contribution in [3.63, 3.8) is 0 Å². The minimum absolute atomic E-state index is 0.0499. The Bertz CT molecular complexity index is 423. The molecule has 100 valence electrons. The number of hydrogen-bond acceptors (Lipinski definition) is 2. The lowest BCUT2D eigenvalue weighted by atomic mass is 9.84. The van der Waals surface area contributed by atoms with Gasteiger partial charge in [0.1, 0.15) is 0 Å². The van der Waals surface area contributed by atoms with Crippen LogP contribution >= 0.6 is 0 Å². The normalized spacial score (nSPS) is 23.2. The highest BCUT2D eigenvalue weighted by atomic mass is 15.2. The quantitative estimate of drug-likeness (QED) is 0.868. The summed E-state index contributed by atoms with van der Waals surface area (Å²) in [5.74, 6) is 0. The van der Waals surface area contributed by atoms with Gasteiger partial charge >= 0.3 is 0 Å². The molecule has 0 amide bonds. The van der Waals surface area contributed by atoms with E-state index in [9.17, 15) is 0 Å². The molecule has 0 bridgehead atoms. The summed E-state index contributed by atoms with van der Waals surface area (Å²) in [5.41, 5.74) is 10.6. The SMILES string of the molecule is CCc1cccc(C)c1N1CCCC(N)C1(C)C. The minimum atomic E-state index is 0.0499. The molecule has 2 nitrogen and oxygen atoms in total. The molecule has 0 spiro atoms. The van der Waals surface area contributed by atoms with Gasteiger partial charge in [0.25, 0.3) is 0 Å². The Labute approximate surface area is 111 Å². The molecule has 0 aliphatic carbocycles. The first-order valence-electron chi connectivity index (χ1n) is 7.10. The van der Waals surface area contributed by atoms with E-state index in [1.165, 1.54) is 23.2 Å². The lowest BCUT2D eigenvalue weighted by molar-refractivity contribution is 0.309. The molecule has 1 aromatic rings. The van der Waals surface area contributed by atoms with E-state index in [0.29, 0.717) is 0 Å². The van der Waals surface area contributed by atoms with Crippen LogP contribution in [0.15, 0.2) is 18.2 Å². The molecule has 1 heterocycles. The Kier molecular flexibility index (Phi) is 3.67. The minimum Gasteiger partial charge on any atom is -0.364 e. The van der Waals surface area contributed by atoms with Gasteiger partial charge in [-0.05, 0) is 51.2 Å². The fourth-order valence-electron chi connectivity index (χ4n) is 3.10. The van der Waals surface area contributed by atoms with Crippen molar-refractivity contribution in [3.8, 4) is 0 Å². The molecule has 0 saturated carbocycles. The van der Waals surface area contributed by atoms with Crippen LogP contribution in [0.5, 0.6) is 0 Å². The van der Waals surface area contributed by atoms with E-state index >= 15 is 0 Å². The first-order valence-corrected chi connectivity index (χ1v) is 7.10. The average molecular weight is 246 g/mol. The second-order valence-electron chi connectivity index (χ2n) is 5.99. The predicted molar refractivity (Wildman–Crippen MR) is 79.2 cm³/mol. The van der Waals surface area contributed by atoms with Crippen LogP contribution in [0.4, 0.5) is 5.69 Å². The molecule has 2 heteroatoms. The standard InChI is InChI=1S/C16H26N2/c1-5-13-9-6-8-12(2)15(13)18-11-7-10-14(17)16(18,3)4/h6,8-9,14H,5,7,10-11,17H2,1-4H3. The Balaban J connectivity index is 2.47. The molecule has 1 aliphatic rings. The summed E-state index contributed by atoms with van der Waals surface area (Å²) >= 11 is 0. The van der Waals surface area contributed by atoms with E-state index in [0.717, 1.165) is 19.4 Å². The maximum atomic E-state index is 6.34. The van der Waals surface area contributed by atoms with Gasteiger partial charge < -0.3 is 10.6 Å². The Morgan fingerprint density at radius 1 is 1.39 bits per heavy atom. The molecule has 18 heavy (non-hydrogen) atoms. The molecule has 0 radical (unpaired) electrons. The number of anilines is 1. The van der Waals surface area contributed by atoms with Gasteiger partial charge in [-0.15, -0.1) is 0 Å². The van der Waals surface area contributed by atoms with E-state index < -0.39 is 0 Å². The monoisotopic (exact) mass is 246 g/mol. The van der Waals surface area contributed by atoms with Crippen LogP contribution in [0, 0.1) is 6.92 Å². The van der Waals surface area contributed by atoms with Gasteiger partial charge in [-0.3, -0.25) is 0 Å². The molecule has 1 unspecified atom stereocenters. The average Bonchev–Trinajstić information content (AvgIpc) is 2.33. The van der Waals surface area contributed by atoms with Gasteiger partial charge in [0.05, 0.1) is 0 Å². The second kappa shape index (κ2) is 4.93. The third kappa shape index (κ3) is 2.14. The van der Waals surface area contributed by atoms with Gasteiger partial charge in [0, 0.05) is 23.8 Å². The van der Waals surface area contributed by atoms with Gasteiger partial charge in [-0.1, -0.05) is 25.1 Å². The van der Waals surface area contributed by atoms with Crippen molar-refractivity contribution >= 4 is 5.69 Å². The van der Waals surface area contributed by atoms with Crippen LogP contribution in [0.3, 0.4) is 0 Å². The summed E-state index contributed by atoms with van der Waals surface area (Å²) in [7, 11) is 0. The second-order valence-corrected chi connectivity index (χ2v) is 5.99. The molecule has 1 aromatic carbocycles. The lowest BCUT2D eigenvalue weighted by Crippen LogP contribution is -2.60. The number of hydrogen-bond donors (Lipinski definition) is 1. The zero-order valence-electron chi connectivity index (χ0n) is 12.2.